The number of aliphatic hydroxyl groups excluding tert-OH is 1. The molecule has 0 saturated carbocycles. The lowest BCUT2D eigenvalue weighted by Crippen LogP contribution is -2.55. The lowest BCUT2D eigenvalue weighted by Gasteiger charge is -2.40. The van der Waals surface area contributed by atoms with Gasteiger partial charge in [-0.1, -0.05) is 0 Å². The Morgan fingerprint density at radius 2 is 1.92 bits per heavy atom. The van der Waals surface area contributed by atoms with Crippen LogP contribution in [0.4, 0.5) is 19.1 Å². The molecule has 196 valence electrons. The SMILES string of the molecule is Cc1c(O[C@@H](C)CO[C@@H]2CCN(C3CCN(c4ncc(C(F)(F)F)cn4)CC3O)C2=O)cn[nH]c1=O. The van der Waals surface area contributed by atoms with E-state index in [0.29, 0.717) is 49.6 Å². The van der Waals surface area contributed by atoms with Crippen LogP contribution in [0.5, 0.6) is 5.75 Å². The largest absolute Gasteiger partial charge is 0.486 e. The summed E-state index contributed by atoms with van der Waals surface area (Å²) in [5.74, 6) is 0.190. The molecule has 2 N–H and O–H groups in total. The summed E-state index contributed by atoms with van der Waals surface area (Å²) in [6.07, 6.45) is -2.90. The number of hydrogen-bond donors (Lipinski definition) is 2. The van der Waals surface area contributed by atoms with Crippen molar-refractivity contribution in [2.75, 3.05) is 31.1 Å². The molecule has 0 bridgehead atoms. The first-order valence-electron chi connectivity index (χ1n) is 11.5. The topological polar surface area (TPSA) is 134 Å². The van der Waals surface area contributed by atoms with Crippen molar-refractivity contribution < 1.29 is 32.5 Å². The van der Waals surface area contributed by atoms with Gasteiger partial charge in [0.05, 0.1) is 36.1 Å². The van der Waals surface area contributed by atoms with Crippen LogP contribution in [-0.2, 0) is 15.7 Å². The molecule has 2 aliphatic rings. The van der Waals surface area contributed by atoms with Crippen LogP contribution in [0, 0.1) is 6.92 Å². The van der Waals surface area contributed by atoms with E-state index in [1.807, 2.05) is 0 Å². The zero-order valence-corrected chi connectivity index (χ0v) is 19.7. The van der Waals surface area contributed by atoms with Gasteiger partial charge in [0, 0.05) is 38.4 Å². The second kappa shape index (κ2) is 10.4. The minimum Gasteiger partial charge on any atom is -0.486 e. The number of aliphatic hydroxyl groups is 1. The number of piperidine rings is 1. The van der Waals surface area contributed by atoms with E-state index in [-0.39, 0.29) is 30.6 Å². The maximum absolute atomic E-state index is 13.0. The highest BCUT2D eigenvalue weighted by molar-refractivity contribution is 5.83. The number of alkyl halides is 3. The van der Waals surface area contributed by atoms with Crippen molar-refractivity contribution in [2.24, 2.45) is 0 Å². The molecule has 2 saturated heterocycles. The van der Waals surface area contributed by atoms with Crippen LogP contribution < -0.4 is 15.2 Å². The van der Waals surface area contributed by atoms with Crippen molar-refractivity contribution >= 4 is 11.9 Å². The first kappa shape index (κ1) is 25.8. The molecule has 2 unspecified atom stereocenters. The summed E-state index contributed by atoms with van der Waals surface area (Å²) < 4.78 is 49.7. The number of nitrogens with zero attached hydrogens (tertiary/aromatic N) is 5. The van der Waals surface area contributed by atoms with Gasteiger partial charge in [0.1, 0.15) is 18.0 Å². The fourth-order valence-corrected chi connectivity index (χ4v) is 4.32. The number of likely N-dealkylation sites (tertiary alicyclic amines) is 1. The monoisotopic (exact) mass is 512 g/mol. The van der Waals surface area contributed by atoms with E-state index < -0.39 is 36.1 Å². The molecule has 0 spiro atoms. The molecule has 4 atom stereocenters. The smallest absolute Gasteiger partial charge is 0.419 e. The van der Waals surface area contributed by atoms with E-state index in [9.17, 15) is 27.9 Å². The summed E-state index contributed by atoms with van der Waals surface area (Å²) >= 11 is 0. The van der Waals surface area contributed by atoms with E-state index in [1.165, 1.54) is 6.20 Å². The average Bonchev–Trinajstić information content (AvgIpc) is 3.20. The Morgan fingerprint density at radius 3 is 2.58 bits per heavy atom. The Morgan fingerprint density at radius 1 is 1.19 bits per heavy atom. The molecule has 0 aromatic carbocycles. The first-order valence-corrected chi connectivity index (χ1v) is 11.5. The number of H-pyrrole nitrogens is 1. The normalized spacial score (nSPS) is 23.7. The molecule has 1 amide bonds. The molecule has 0 aliphatic carbocycles. The van der Waals surface area contributed by atoms with E-state index in [2.05, 4.69) is 20.2 Å². The van der Waals surface area contributed by atoms with Gasteiger partial charge in [0.2, 0.25) is 5.95 Å². The van der Waals surface area contributed by atoms with Crippen LogP contribution in [0.15, 0.2) is 23.4 Å². The Labute approximate surface area is 204 Å². The molecule has 2 aliphatic heterocycles. The van der Waals surface area contributed by atoms with Crippen molar-refractivity contribution in [3.05, 3.63) is 40.1 Å². The summed E-state index contributed by atoms with van der Waals surface area (Å²) in [4.78, 5) is 35.4. The Bertz CT molecular complexity index is 1130. The standard InChI is InChI=1S/C22H27F3N6O5/c1-12(36-18-9-28-29-19(33)13(18)2)11-35-17-4-6-31(20(17)34)15-3-5-30(10-16(15)32)21-26-7-14(8-27-21)22(23,24)25/h7-9,12,15-17,32H,3-6,10-11H2,1-2H3,(H,29,33)/t12-,15?,16?,17+/m0/s1. The van der Waals surface area contributed by atoms with Gasteiger partial charge in [-0.15, -0.1) is 0 Å². The van der Waals surface area contributed by atoms with Crippen LogP contribution in [0.3, 0.4) is 0 Å². The van der Waals surface area contributed by atoms with Gasteiger partial charge >= 0.3 is 6.18 Å². The summed E-state index contributed by atoms with van der Waals surface area (Å²) in [5, 5.41) is 16.7. The van der Waals surface area contributed by atoms with Crippen molar-refractivity contribution in [1.29, 1.82) is 0 Å². The summed E-state index contributed by atoms with van der Waals surface area (Å²) in [5.41, 5.74) is -0.905. The number of amides is 1. The minimum atomic E-state index is -4.53. The van der Waals surface area contributed by atoms with Crippen molar-refractivity contribution in [2.45, 2.75) is 57.2 Å². The van der Waals surface area contributed by atoms with Crippen molar-refractivity contribution in [3.63, 3.8) is 0 Å². The molecule has 36 heavy (non-hydrogen) atoms. The fraction of sp³-hybridized carbons (Fsp3) is 0.591. The average molecular weight is 512 g/mol. The number of aromatic nitrogens is 4. The number of ether oxygens (including phenoxy) is 2. The number of halogens is 3. The molecular formula is C22H27F3N6O5. The quantitative estimate of drug-likeness (QED) is 0.555. The Kier molecular flexibility index (Phi) is 7.45. The number of carbonyl (C=O) groups excluding carboxylic acids is 1. The zero-order valence-electron chi connectivity index (χ0n) is 19.7. The third-order valence-electron chi connectivity index (χ3n) is 6.30. The summed E-state index contributed by atoms with van der Waals surface area (Å²) in [7, 11) is 0. The van der Waals surface area contributed by atoms with Crippen LogP contribution in [0.25, 0.3) is 0 Å². The third kappa shape index (κ3) is 5.59. The zero-order chi connectivity index (χ0) is 26.0. The van der Waals surface area contributed by atoms with E-state index in [1.54, 1.807) is 23.6 Å². The lowest BCUT2D eigenvalue weighted by atomic mass is 10.0. The van der Waals surface area contributed by atoms with Gasteiger partial charge < -0.3 is 24.4 Å². The second-order valence-corrected chi connectivity index (χ2v) is 8.90. The van der Waals surface area contributed by atoms with Gasteiger partial charge in [-0.25, -0.2) is 15.1 Å². The van der Waals surface area contributed by atoms with Crippen molar-refractivity contribution in [3.8, 4) is 5.75 Å². The molecular weight excluding hydrogens is 485 g/mol. The van der Waals surface area contributed by atoms with Gasteiger partial charge in [0.25, 0.3) is 11.5 Å². The maximum Gasteiger partial charge on any atom is 0.419 e. The van der Waals surface area contributed by atoms with Gasteiger partial charge in [-0.2, -0.15) is 18.3 Å². The molecule has 2 aromatic heterocycles. The molecule has 2 aromatic rings. The molecule has 14 heteroatoms. The number of nitrogens with one attached hydrogen (secondary N) is 1. The van der Waals surface area contributed by atoms with Gasteiger partial charge in [0.15, 0.2) is 0 Å². The minimum absolute atomic E-state index is 0.0831. The third-order valence-corrected chi connectivity index (χ3v) is 6.30. The number of β-amino-alcohol motifs (C(OH)–C–C–N with tert-alkyl or cyclic N) is 1. The number of rotatable bonds is 7. The van der Waals surface area contributed by atoms with Crippen LogP contribution in [-0.4, -0.2) is 86.7 Å². The molecule has 0 radical (unpaired) electrons. The summed E-state index contributed by atoms with van der Waals surface area (Å²) in [6.45, 7) is 4.34. The van der Waals surface area contributed by atoms with Crippen LogP contribution in [0.2, 0.25) is 0 Å². The molecule has 4 heterocycles. The highest BCUT2D eigenvalue weighted by Gasteiger charge is 2.42. The Hall–Kier alpha value is -3.26. The van der Waals surface area contributed by atoms with E-state index in [4.69, 9.17) is 9.47 Å². The highest BCUT2D eigenvalue weighted by atomic mass is 19.4. The van der Waals surface area contributed by atoms with Crippen LogP contribution >= 0.6 is 0 Å². The number of carbonyl (C=O) groups is 1. The second-order valence-electron chi connectivity index (χ2n) is 8.90. The fourth-order valence-electron chi connectivity index (χ4n) is 4.32. The number of anilines is 1. The predicted molar refractivity (Wildman–Crippen MR) is 119 cm³/mol. The number of aromatic amines is 1. The van der Waals surface area contributed by atoms with E-state index in [0.717, 1.165) is 0 Å². The van der Waals surface area contributed by atoms with Gasteiger partial charge in [-0.05, 0) is 20.3 Å². The highest BCUT2D eigenvalue weighted by Crippen LogP contribution is 2.30. The molecule has 11 nitrogen and oxygen atoms in total. The first-order chi connectivity index (χ1) is 17.0. The van der Waals surface area contributed by atoms with Crippen LogP contribution in [0.1, 0.15) is 30.9 Å². The molecule has 4 rings (SSSR count). The maximum atomic E-state index is 13.0. The van der Waals surface area contributed by atoms with E-state index >= 15 is 0 Å². The van der Waals surface area contributed by atoms with Gasteiger partial charge in [-0.3, -0.25) is 9.59 Å². The number of hydrogen-bond acceptors (Lipinski definition) is 9. The molecule has 2 fully saturated rings. The predicted octanol–water partition coefficient (Wildman–Crippen LogP) is 0.912. The lowest BCUT2D eigenvalue weighted by molar-refractivity contribution is -0.142. The van der Waals surface area contributed by atoms with Crippen molar-refractivity contribution in [1.82, 2.24) is 25.1 Å². The summed E-state index contributed by atoms with van der Waals surface area (Å²) in [6, 6.07) is -0.449. The Balaban J connectivity index is 1.28.